The van der Waals surface area contributed by atoms with Crippen molar-refractivity contribution in [2.24, 2.45) is 0 Å². The smallest absolute Gasteiger partial charge is 0.162 e. The van der Waals surface area contributed by atoms with E-state index in [0.717, 1.165) is 16.5 Å². The summed E-state index contributed by atoms with van der Waals surface area (Å²) in [5, 5.41) is 14.2. The summed E-state index contributed by atoms with van der Waals surface area (Å²) < 4.78 is 0. The Balaban J connectivity index is 2.11. The van der Waals surface area contributed by atoms with Crippen LogP contribution in [-0.4, -0.2) is 27.7 Å². The van der Waals surface area contributed by atoms with Crippen molar-refractivity contribution < 1.29 is 5.11 Å². The summed E-state index contributed by atoms with van der Waals surface area (Å²) in [6, 6.07) is 15.2. The Labute approximate surface area is 133 Å². The first-order valence-electron chi connectivity index (χ1n) is 7.08. The normalized spacial score (nSPS) is 12.3. The minimum atomic E-state index is -0.455. The fourth-order valence-electron chi connectivity index (χ4n) is 2.21. The minimum Gasteiger partial charge on any atom is -0.392 e. The highest BCUT2D eigenvalue weighted by molar-refractivity contribution is 6.30. The Morgan fingerprint density at radius 3 is 2.73 bits per heavy atom. The Bertz CT molecular complexity index is 805. The average molecular weight is 314 g/mol. The summed E-state index contributed by atoms with van der Waals surface area (Å²) >= 11 is 6.05. The van der Waals surface area contributed by atoms with Gasteiger partial charge in [-0.2, -0.15) is 0 Å². The first-order valence-corrected chi connectivity index (χ1v) is 7.46. The van der Waals surface area contributed by atoms with E-state index < -0.39 is 6.10 Å². The van der Waals surface area contributed by atoms with Crippen molar-refractivity contribution in [1.82, 2.24) is 9.97 Å². The lowest BCUT2D eigenvalue weighted by molar-refractivity contribution is 0.208. The third-order valence-electron chi connectivity index (χ3n) is 3.25. The third-order valence-corrected chi connectivity index (χ3v) is 3.49. The van der Waals surface area contributed by atoms with E-state index in [0.29, 0.717) is 23.2 Å². The van der Waals surface area contributed by atoms with Crippen LogP contribution >= 0.6 is 11.6 Å². The molecule has 0 saturated heterocycles. The number of nitrogens with zero attached hydrogens (tertiary/aromatic N) is 2. The lowest BCUT2D eigenvalue weighted by Crippen LogP contribution is -2.16. The number of aliphatic hydroxyl groups is 1. The van der Waals surface area contributed by atoms with Gasteiger partial charge in [0.15, 0.2) is 5.82 Å². The van der Waals surface area contributed by atoms with Gasteiger partial charge in [0.25, 0.3) is 0 Å². The van der Waals surface area contributed by atoms with Gasteiger partial charge in [0.05, 0.1) is 11.6 Å². The van der Waals surface area contributed by atoms with Crippen LogP contribution in [0, 0.1) is 0 Å². The molecule has 0 spiro atoms. The molecule has 0 unspecified atom stereocenters. The van der Waals surface area contributed by atoms with Crippen LogP contribution in [0.4, 0.5) is 5.82 Å². The molecule has 22 heavy (non-hydrogen) atoms. The average Bonchev–Trinajstić information content (AvgIpc) is 2.52. The molecule has 0 bridgehead atoms. The number of aliphatic hydroxyl groups excluding tert-OH is 1. The molecule has 0 radical (unpaired) electrons. The lowest BCUT2D eigenvalue weighted by Gasteiger charge is -2.12. The summed E-state index contributed by atoms with van der Waals surface area (Å²) in [7, 11) is 0. The van der Waals surface area contributed by atoms with Gasteiger partial charge in [-0.15, -0.1) is 0 Å². The van der Waals surface area contributed by atoms with Crippen LogP contribution in [-0.2, 0) is 0 Å². The number of hydrogen-bond acceptors (Lipinski definition) is 4. The van der Waals surface area contributed by atoms with Crippen LogP contribution in [0.5, 0.6) is 0 Å². The van der Waals surface area contributed by atoms with Crippen molar-refractivity contribution in [3.05, 3.63) is 53.6 Å². The van der Waals surface area contributed by atoms with Gasteiger partial charge in [0.1, 0.15) is 5.82 Å². The molecular formula is C17H16ClN3O. The van der Waals surface area contributed by atoms with Crippen molar-refractivity contribution in [1.29, 1.82) is 0 Å². The van der Waals surface area contributed by atoms with Crippen molar-refractivity contribution in [2.45, 2.75) is 13.0 Å². The summed E-state index contributed by atoms with van der Waals surface area (Å²) in [6.07, 6.45) is -0.455. The molecule has 3 aromatic rings. The molecule has 3 rings (SSSR count). The molecule has 0 saturated carbocycles. The van der Waals surface area contributed by atoms with E-state index >= 15 is 0 Å². The summed E-state index contributed by atoms with van der Waals surface area (Å²) in [4.78, 5) is 9.19. The molecule has 1 aromatic heterocycles. The maximum atomic E-state index is 9.49. The molecular weight excluding hydrogens is 298 g/mol. The third kappa shape index (κ3) is 3.18. The number of benzene rings is 2. The molecule has 0 aliphatic heterocycles. The van der Waals surface area contributed by atoms with E-state index in [9.17, 15) is 5.11 Å². The predicted molar refractivity (Wildman–Crippen MR) is 90.2 cm³/mol. The van der Waals surface area contributed by atoms with Crippen LogP contribution in [0.3, 0.4) is 0 Å². The second-order valence-electron chi connectivity index (χ2n) is 5.15. The molecule has 112 valence electrons. The van der Waals surface area contributed by atoms with Gasteiger partial charge in [0, 0.05) is 22.5 Å². The molecule has 1 atom stereocenters. The molecule has 2 N–H and O–H groups in total. The van der Waals surface area contributed by atoms with Crippen molar-refractivity contribution in [2.75, 3.05) is 11.9 Å². The second kappa shape index (κ2) is 6.30. The van der Waals surface area contributed by atoms with E-state index in [1.165, 1.54) is 0 Å². The van der Waals surface area contributed by atoms with Crippen LogP contribution in [0.2, 0.25) is 5.02 Å². The van der Waals surface area contributed by atoms with Gasteiger partial charge < -0.3 is 10.4 Å². The van der Waals surface area contributed by atoms with E-state index in [1.54, 1.807) is 6.92 Å². The van der Waals surface area contributed by atoms with Gasteiger partial charge >= 0.3 is 0 Å². The number of halogens is 1. The highest BCUT2D eigenvalue weighted by atomic mass is 35.5. The molecule has 1 heterocycles. The Morgan fingerprint density at radius 2 is 1.95 bits per heavy atom. The number of hydrogen-bond donors (Lipinski definition) is 2. The number of rotatable bonds is 4. The molecule has 0 amide bonds. The van der Waals surface area contributed by atoms with Gasteiger partial charge in [0.2, 0.25) is 0 Å². The van der Waals surface area contributed by atoms with Crippen LogP contribution in [0.25, 0.3) is 22.3 Å². The van der Waals surface area contributed by atoms with Crippen molar-refractivity contribution in [3.8, 4) is 11.4 Å². The SMILES string of the molecule is C[C@@H](O)CNc1nc(-c2cccc(Cl)c2)nc2ccccc12. The predicted octanol–water partition coefficient (Wildman–Crippen LogP) is 3.74. The lowest BCUT2D eigenvalue weighted by atomic mass is 10.2. The first-order chi connectivity index (χ1) is 10.6. The molecule has 0 aliphatic rings. The number of nitrogens with one attached hydrogen (secondary N) is 1. The van der Waals surface area contributed by atoms with Gasteiger partial charge in [-0.1, -0.05) is 35.9 Å². The summed E-state index contributed by atoms with van der Waals surface area (Å²) in [5.41, 5.74) is 1.71. The summed E-state index contributed by atoms with van der Waals surface area (Å²) in [5.74, 6) is 1.32. The molecule has 5 heteroatoms. The largest absolute Gasteiger partial charge is 0.392 e. The fourth-order valence-corrected chi connectivity index (χ4v) is 2.40. The van der Waals surface area contributed by atoms with E-state index in [1.807, 2.05) is 48.5 Å². The topological polar surface area (TPSA) is 58.0 Å². The quantitative estimate of drug-likeness (QED) is 0.770. The fraction of sp³-hybridized carbons (Fsp3) is 0.176. The number of anilines is 1. The maximum Gasteiger partial charge on any atom is 0.162 e. The standard InChI is InChI=1S/C17H16ClN3O/c1-11(22)10-19-17-14-7-2-3-8-15(14)20-16(21-17)12-5-4-6-13(18)9-12/h2-9,11,22H,10H2,1H3,(H,19,20,21)/t11-/m1/s1. The van der Waals surface area contributed by atoms with Gasteiger partial charge in [-0.25, -0.2) is 9.97 Å². The van der Waals surface area contributed by atoms with Crippen LogP contribution in [0.15, 0.2) is 48.5 Å². The van der Waals surface area contributed by atoms with Gasteiger partial charge in [-0.05, 0) is 31.2 Å². The van der Waals surface area contributed by atoms with Crippen LogP contribution in [0.1, 0.15) is 6.92 Å². The molecule has 0 aliphatic carbocycles. The minimum absolute atomic E-state index is 0.427. The van der Waals surface area contributed by atoms with E-state index in [-0.39, 0.29) is 0 Å². The highest BCUT2D eigenvalue weighted by Gasteiger charge is 2.10. The molecule has 4 nitrogen and oxygen atoms in total. The zero-order valence-corrected chi connectivity index (χ0v) is 12.9. The van der Waals surface area contributed by atoms with Gasteiger partial charge in [-0.3, -0.25) is 0 Å². The van der Waals surface area contributed by atoms with Crippen molar-refractivity contribution in [3.63, 3.8) is 0 Å². The number of aromatic nitrogens is 2. The highest BCUT2D eigenvalue weighted by Crippen LogP contribution is 2.26. The van der Waals surface area contributed by atoms with Crippen molar-refractivity contribution >= 4 is 28.3 Å². The Morgan fingerprint density at radius 1 is 1.14 bits per heavy atom. The first kappa shape index (κ1) is 14.8. The number of fused-ring (bicyclic) bond motifs is 1. The Kier molecular flexibility index (Phi) is 4.22. The maximum absolute atomic E-state index is 9.49. The van der Waals surface area contributed by atoms with E-state index in [2.05, 4.69) is 15.3 Å². The monoisotopic (exact) mass is 313 g/mol. The summed E-state index contributed by atoms with van der Waals surface area (Å²) in [6.45, 7) is 2.16. The van der Waals surface area contributed by atoms with E-state index in [4.69, 9.17) is 11.6 Å². The molecule has 2 aromatic carbocycles. The zero-order valence-electron chi connectivity index (χ0n) is 12.1. The second-order valence-corrected chi connectivity index (χ2v) is 5.59. The molecule has 0 fully saturated rings. The zero-order chi connectivity index (χ0) is 15.5. The Hall–Kier alpha value is -2.17. The number of para-hydroxylation sites is 1. The van der Waals surface area contributed by atoms with Crippen LogP contribution < -0.4 is 5.32 Å².